The van der Waals surface area contributed by atoms with Crippen LogP contribution in [0.3, 0.4) is 0 Å². The Hall–Kier alpha value is -0.610. The van der Waals surface area contributed by atoms with Gasteiger partial charge in [-0.15, -0.1) is 0 Å². The summed E-state index contributed by atoms with van der Waals surface area (Å²) in [5.74, 6) is 0.509. The monoisotopic (exact) mass is 255 g/mol. The molecule has 4 nitrogen and oxygen atoms in total. The zero-order valence-electron chi connectivity index (χ0n) is 11.7. The molecule has 0 radical (unpaired) electrons. The maximum Gasteiger partial charge on any atom is 0.307 e. The van der Waals surface area contributed by atoms with E-state index in [9.17, 15) is 4.79 Å². The second-order valence-electron chi connectivity index (χ2n) is 5.91. The van der Waals surface area contributed by atoms with E-state index in [1.54, 1.807) is 0 Å². The minimum atomic E-state index is -0.112. The average molecular weight is 255 g/mol. The van der Waals surface area contributed by atoms with Crippen LogP contribution in [-0.2, 0) is 14.3 Å². The Labute approximate surface area is 109 Å². The predicted octanol–water partition coefficient (Wildman–Crippen LogP) is 1.73. The van der Waals surface area contributed by atoms with Crippen LogP contribution in [0, 0.1) is 11.3 Å². The van der Waals surface area contributed by atoms with Crippen LogP contribution in [0.5, 0.6) is 0 Å². The van der Waals surface area contributed by atoms with Gasteiger partial charge in [0.1, 0.15) is 0 Å². The van der Waals surface area contributed by atoms with E-state index >= 15 is 0 Å². The molecule has 0 amide bonds. The Morgan fingerprint density at radius 3 is 3.00 bits per heavy atom. The Balaban J connectivity index is 1.77. The van der Waals surface area contributed by atoms with Gasteiger partial charge in [0, 0.05) is 30.5 Å². The van der Waals surface area contributed by atoms with Gasteiger partial charge in [0.05, 0.1) is 19.1 Å². The van der Waals surface area contributed by atoms with Gasteiger partial charge in [-0.2, -0.15) is 0 Å². The van der Waals surface area contributed by atoms with Crippen molar-refractivity contribution in [3.05, 3.63) is 0 Å². The number of carbonyl (C=O) groups excluding carboxylic acids is 1. The minimum absolute atomic E-state index is 0.112. The summed E-state index contributed by atoms with van der Waals surface area (Å²) in [6.45, 7) is 8.41. The molecule has 2 rings (SSSR count). The SMILES string of the molecule is CCOC(=O)CCNC1C2CCCOC2C1(C)C. The Bertz CT molecular complexity index is 303. The highest BCUT2D eigenvalue weighted by molar-refractivity contribution is 5.69. The fourth-order valence-corrected chi connectivity index (χ4v) is 3.50. The second-order valence-corrected chi connectivity index (χ2v) is 5.91. The third kappa shape index (κ3) is 2.54. The third-order valence-electron chi connectivity index (χ3n) is 4.33. The maximum absolute atomic E-state index is 11.3. The van der Waals surface area contributed by atoms with E-state index in [0.717, 1.165) is 13.0 Å². The van der Waals surface area contributed by atoms with Crippen molar-refractivity contribution in [2.24, 2.45) is 11.3 Å². The lowest BCUT2D eigenvalue weighted by atomic mass is 9.55. The Morgan fingerprint density at radius 2 is 2.28 bits per heavy atom. The standard InChI is InChI=1S/C14H25NO3/c1-4-17-11(16)7-8-15-12-10-6-5-9-18-13(10)14(12,2)3/h10,12-13,15H,4-9H2,1-3H3. The summed E-state index contributed by atoms with van der Waals surface area (Å²) >= 11 is 0. The molecule has 2 fully saturated rings. The Morgan fingerprint density at radius 1 is 1.50 bits per heavy atom. The minimum Gasteiger partial charge on any atom is -0.466 e. The van der Waals surface area contributed by atoms with Crippen LogP contribution in [-0.4, -0.2) is 37.9 Å². The highest BCUT2D eigenvalue weighted by Gasteiger charge is 2.57. The maximum atomic E-state index is 11.3. The van der Waals surface area contributed by atoms with Gasteiger partial charge in [-0.1, -0.05) is 13.8 Å². The molecule has 0 aromatic carbocycles. The van der Waals surface area contributed by atoms with E-state index in [4.69, 9.17) is 9.47 Å². The van der Waals surface area contributed by atoms with Gasteiger partial charge in [0.15, 0.2) is 0 Å². The molecular weight excluding hydrogens is 230 g/mol. The summed E-state index contributed by atoms with van der Waals surface area (Å²) in [5.41, 5.74) is 0.180. The number of hydrogen-bond donors (Lipinski definition) is 1. The summed E-state index contributed by atoms with van der Waals surface area (Å²) in [7, 11) is 0. The summed E-state index contributed by atoms with van der Waals surface area (Å²) in [6, 6.07) is 0.470. The molecule has 0 aromatic rings. The fourth-order valence-electron chi connectivity index (χ4n) is 3.50. The molecule has 3 atom stereocenters. The molecule has 0 aromatic heterocycles. The molecule has 1 N–H and O–H groups in total. The predicted molar refractivity (Wildman–Crippen MR) is 69.3 cm³/mol. The Kier molecular flexibility index (Phi) is 4.28. The van der Waals surface area contributed by atoms with Gasteiger partial charge >= 0.3 is 5.97 Å². The topological polar surface area (TPSA) is 47.6 Å². The van der Waals surface area contributed by atoms with Gasteiger partial charge < -0.3 is 14.8 Å². The van der Waals surface area contributed by atoms with E-state index in [1.165, 1.54) is 6.42 Å². The molecule has 1 heterocycles. The summed E-state index contributed by atoms with van der Waals surface area (Å²) in [5, 5.41) is 3.52. The van der Waals surface area contributed by atoms with Crippen LogP contribution in [0.4, 0.5) is 0 Å². The van der Waals surface area contributed by atoms with Crippen molar-refractivity contribution in [3.63, 3.8) is 0 Å². The van der Waals surface area contributed by atoms with Crippen LogP contribution in [0.2, 0.25) is 0 Å². The molecular formula is C14H25NO3. The number of nitrogens with one attached hydrogen (secondary N) is 1. The van der Waals surface area contributed by atoms with Gasteiger partial charge in [0.25, 0.3) is 0 Å². The molecule has 2 aliphatic rings. The van der Waals surface area contributed by atoms with Crippen LogP contribution in [0.1, 0.15) is 40.0 Å². The number of hydrogen-bond acceptors (Lipinski definition) is 4. The highest BCUT2D eigenvalue weighted by Crippen LogP contribution is 2.51. The number of fused-ring (bicyclic) bond motifs is 1. The van der Waals surface area contributed by atoms with Crippen LogP contribution in [0.15, 0.2) is 0 Å². The molecule has 1 aliphatic carbocycles. The van der Waals surface area contributed by atoms with Gasteiger partial charge in [-0.05, 0) is 19.8 Å². The van der Waals surface area contributed by atoms with E-state index < -0.39 is 0 Å². The lowest BCUT2D eigenvalue weighted by Gasteiger charge is -2.60. The highest BCUT2D eigenvalue weighted by atomic mass is 16.5. The molecule has 0 bridgehead atoms. The molecule has 1 aliphatic heterocycles. The van der Waals surface area contributed by atoms with Crippen LogP contribution < -0.4 is 5.32 Å². The lowest BCUT2D eigenvalue weighted by Crippen LogP contribution is -2.69. The average Bonchev–Trinajstić information content (AvgIpc) is 2.35. The van der Waals surface area contributed by atoms with Gasteiger partial charge in [0.2, 0.25) is 0 Å². The van der Waals surface area contributed by atoms with Crippen molar-refractivity contribution in [2.45, 2.75) is 52.2 Å². The van der Waals surface area contributed by atoms with E-state index in [2.05, 4.69) is 19.2 Å². The van der Waals surface area contributed by atoms with Gasteiger partial charge in [-0.25, -0.2) is 0 Å². The smallest absolute Gasteiger partial charge is 0.307 e. The first-order valence-corrected chi connectivity index (χ1v) is 7.08. The largest absolute Gasteiger partial charge is 0.466 e. The fraction of sp³-hybridized carbons (Fsp3) is 0.929. The molecule has 1 saturated heterocycles. The molecule has 3 unspecified atom stereocenters. The van der Waals surface area contributed by atoms with Gasteiger partial charge in [-0.3, -0.25) is 4.79 Å². The first-order chi connectivity index (χ1) is 8.57. The van der Waals surface area contributed by atoms with E-state index in [1.807, 2.05) is 6.92 Å². The molecule has 4 heteroatoms. The second kappa shape index (κ2) is 5.57. The summed E-state index contributed by atoms with van der Waals surface area (Å²) in [4.78, 5) is 11.3. The molecule has 0 spiro atoms. The first kappa shape index (κ1) is 13.8. The van der Waals surface area contributed by atoms with E-state index in [-0.39, 0.29) is 11.4 Å². The first-order valence-electron chi connectivity index (χ1n) is 7.08. The van der Waals surface area contributed by atoms with Crippen LogP contribution >= 0.6 is 0 Å². The van der Waals surface area contributed by atoms with Crippen molar-refractivity contribution in [3.8, 4) is 0 Å². The number of esters is 1. The summed E-state index contributed by atoms with van der Waals surface area (Å²) in [6.07, 6.45) is 3.25. The van der Waals surface area contributed by atoms with Crippen molar-refractivity contribution in [2.75, 3.05) is 19.8 Å². The lowest BCUT2D eigenvalue weighted by molar-refractivity contribution is -0.192. The number of carbonyl (C=O) groups is 1. The van der Waals surface area contributed by atoms with Crippen molar-refractivity contribution in [1.82, 2.24) is 5.32 Å². The molecule has 104 valence electrons. The number of rotatable bonds is 5. The zero-order valence-corrected chi connectivity index (χ0v) is 11.7. The molecule has 18 heavy (non-hydrogen) atoms. The molecule has 1 saturated carbocycles. The normalized spacial score (nSPS) is 33.4. The zero-order chi connectivity index (χ0) is 13.2. The van der Waals surface area contributed by atoms with E-state index in [0.29, 0.717) is 37.6 Å². The summed E-state index contributed by atoms with van der Waals surface area (Å²) < 4.78 is 10.8. The van der Waals surface area contributed by atoms with Crippen molar-refractivity contribution in [1.29, 1.82) is 0 Å². The van der Waals surface area contributed by atoms with Crippen molar-refractivity contribution < 1.29 is 14.3 Å². The third-order valence-corrected chi connectivity index (χ3v) is 4.33. The van der Waals surface area contributed by atoms with Crippen LogP contribution in [0.25, 0.3) is 0 Å². The quantitative estimate of drug-likeness (QED) is 0.760. The number of ether oxygens (including phenoxy) is 2. The van der Waals surface area contributed by atoms with Crippen molar-refractivity contribution >= 4 is 5.97 Å².